The van der Waals surface area contributed by atoms with E-state index in [2.05, 4.69) is 39.0 Å². The SMILES string of the molecule is CC(C)(C)C1c2ccccc2[C@H]2OO[C@]1(c1ccccc1)O2. The highest BCUT2D eigenvalue weighted by atomic mass is 17.3. The van der Waals surface area contributed by atoms with Crippen molar-refractivity contribution in [3.05, 3.63) is 71.3 Å². The van der Waals surface area contributed by atoms with Crippen molar-refractivity contribution in [1.82, 2.24) is 0 Å². The predicted octanol–water partition coefficient (Wildman–Crippen LogP) is 4.66. The predicted molar refractivity (Wildman–Crippen MR) is 82.8 cm³/mol. The van der Waals surface area contributed by atoms with Gasteiger partial charge in [-0.3, -0.25) is 0 Å². The monoisotopic (exact) mass is 296 g/mol. The lowest BCUT2D eigenvalue weighted by Gasteiger charge is -2.44. The third kappa shape index (κ3) is 1.86. The highest BCUT2D eigenvalue weighted by Gasteiger charge is 2.60. The summed E-state index contributed by atoms with van der Waals surface area (Å²) < 4.78 is 6.29. The van der Waals surface area contributed by atoms with Crippen LogP contribution in [-0.4, -0.2) is 0 Å². The molecule has 0 saturated carbocycles. The Morgan fingerprint density at radius 3 is 2.18 bits per heavy atom. The highest BCUT2D eigenvalue weighted by molar-refractivity contribution is 5.40. The number of fused-ring (bicyclic) bond motifs is 4. The molecule has 2 aromatic rings. The summed E-state index contributed by atoms with van der Waals surface area (Å²) >= 11 is 0. The average molecular weight is 296 g/mol. The molecule has 0 aromatic heterocycles. The van der Waals surface area contributed by atoms with Crippen molar-refractivity contribution in [1.29, 1.82) is 0 Å². The van der Waals surface area contributed by atoms with E-state index < -0.39 is 12.1 Å². The molecule has 0 aliphatic carbocycles. The summed E-state index contributed by atoms with van der Waals surface area (Å²) in [5, 5.41) is 0. The van der Waals surface area contributed by atoms with Crippen LogP contribution in [0.15, 0.2) is 54.6 Å². The van der Waals surface area contributed by atoms with Crippen molar-refractivity contribution in [3.63, 3.8) is 0 Å². The van der Waals surface area contributed by atoms with E-state index in [-0.39, 0.29) is 11.3 Å². The molecule has 0 N–H and O–H groups in total. The van der Waals surface area contributed by atoms with Crippen molar-refractivity contribution in [3.8, 4) is 0 Å². The third-order valence-corrected chi connectivity index (χ3v) is 4.52. The van der Waals surface area contributed by atoms with E-state index in [4.69, 9.17) is 14.5 Å². The van der Waals surface area contributed by atoms with Crippen molar-refractivity contribution in [2.75, 3.05) is 0 Å². The molecule has 0 radical (unpaired) electrons. The molecule has 2 heterocycles. The number of rotatable bonds is 1. The van der Waals surface area contributed by atoms with Crippen LogP contribution in [0.3, 0.4) is 0 Å². The maximum Gasteiger partial charge on any atom is 0.237 e. The molecule has 0 spiro atoms. The summed E-state index contributed by atoms with van der Waals surface area (Å²) in [7, 11) is 0. The van der Waals surface area contributed by atoms with Gasteiger partial charge in [-0.2, -0.15) is 9.78 Å². The summed E-state index contributed by atoms with van der Waals surface area (Å²) in [6, 6.07) is 18.4. The average Bonchev–Trinajstić information content (AvgIpc) is 2.88. The van der Waals surface area contributed by atoms with Gasteiger partial charge in [0.2, 0.25) is 12.1 Å². The minimum absolute atomic E-state index is 0.0392. The summed E-state index contributed by atoms with van der Waals surface area (Å²) in [5.41, 5.74) is 3.25. The standard InChI is InChI=1S/C19H20O3/c1-18(2,3)16-14-11-7-8-12-15(14)17-20-19(16,22-21-17)13-9-5-4-6-10-13/h4-12,16-17H,1-3H3/t16?,17-,19+/m1/s1. The van der Waals surface area contributed by atoms with Gasteiger partial charge in [0, 0.05) is 11.1 Å². The van der Waals surface area contributed by atoms with Crippen LogP contribution in [0.4, 0.5) is 0 Å². The Bertz CT molecular complexity index is 689. The van der Waals surface area contributed by atoms with E-state index in [1.807, 2.05) is 36.4 Å². The Morgan fingerprint density at radius 1 is 0.864 bits per heavy atom. The van der Waals surface area contributed by atoms with Gasteiger partial charge >= 0.3 is 0 Å². The number of hydrogen-bond acceptors (Lipinski definition) is 3. The Kier molecular flexibility index (Phi) is 2.95. The van der Waals surface area contributed by atoms with Gasteiger partial charge in [-0.05, 0) is 11.0 Å². The Balaban J connectivity index is 1.96. The van der Waals surface area contributed by atoms with Crippen molar-refractivity contribution >= 4 is 0 Å². The van der Waals surface area contributed by atoms with Gasteiger partial charge in [-0.15, -0.1) is 0 Å². The molecular formula is C19H20O3. The summed E-state index contributed by atoms with van der Waals surface area (Å²) in [5.74, 6) is -0.851. The first-order valence-corrected chi connectivity index (χ1v) is 7.69. The van der Waals surface area contributed by atoms with Crippen LogP contribution in [0.2, 0.25) is 0 Å². The first-order valence-electron chi connectivity index (χ1n) is 7.69. The molecule has 1 fully saturated rings. The molecule has 2 aliphatic rings. The van der Waals surface area contributed by atoms with E-state index in [0.717, 1.165) is 11.1 Å². The lowest BCUT2D eigenvalue weighted by molar-refractivity contribution is -0.346. The second-order valence-electron chi connectivity index (χ2n) is 7.09. The number of benzene rings is 2. The third-order valence-electron chi connectivity index (χ3n) is 4.52. The molecule has 22 heavy (non-hydrogen) atoms. The largest absolute Gasteiger partial charge is 0.306 e. The van der Waals surface area contributed by atoms with Gasteiger partial charge in [-0.25, -0.2) is 0 Å². The van der Waals surface area contributed by atoms with Crippen LogP contribution < -0.4 is 0 Å². The fraction of sp³-hybridized carbons (Fsp3) is 0.368. The first-order chi connectivity index (χ1) is 10.5. The van der Waals surface area contributed by atoms with Crippen molar-refractivity contribution < 1.29 is 14.5 Å². The second kappa shape index (κ2) is 4.66. The normalized spacial score (nSPS) is 30.1. The maximum absolute atomic E-state index is 6.29. The zero-order valence-electron chi connectivity index (χ0n) is 13.1. The Labute approximate surface area is 130 Å². The molecule has 0 amide bonds. The minimum atomic E-state index is -0.890. The van der Waals surface area contributed by atoms with Crippen LogP contribution >= 0.6 is 0 Å². The molecule has 2 aliphatic heterocycles. The van der Waals surface area contributed by atoms with Gasteiger partial charge < -0.3 is 4.74 Å². The quantitative estimate of drug-likeness (QED) is 0.716. The molecule has 4 rings (SSSR count). The van der Waals surface area contributed by atoms with E-state index >= 15 is 0 Å². The summed E-state index contributed by atoms with van der Waals surface area (Å²) in [6.45, 7) is 6.64. The zero-order valence-corrected chi connectivity index (χ0v) is 13.1. The molecular weight excluding hydrogens is 276 g/mol. The molecule has 3 heteroatoms. The van der Waals surface area contributed by atoms with E-state index in [0.29, 0.717) is 0 Å². The van der Waals surface area contributed by atoms with Gasteiger partial charge in [0.05, 0.1) is 5.92 Å². The Morgan fingerprint density at radius 2 is 1.50 bits per heavy atom. The van der Waals surface area contributed by atoms with Gasteiger partial charge in [-0.1, -0.05) is 75.4 Å². The molecule has 1 saturated heterocycles. The molecule has 114 valence electrons. The lowest BCUT2D eigenvalue weighted by Crippen LogP contribution is -2.44. The number of hydrogen-bond donors (Lipinski definition) is 0. The van der Waals surface area contributed by atoms with Crippen LogP contribution in [0, 0.1) is 5.41 Å². The van der Waals surface area contributed by atoms with E-state index in [1.54, 1.807) is 0 Å². The first kappa shape index (κ1) is 13.9. The number of ether oxygens (including phenoxy) is 1. The lowest BCUT2D eigenvalue weighted by atomic mass is 9.67. The van der Waals surface area contributed by atoms with Gasteiger partial charge in [0.25, 0.3) is 0 Å². The van der Waals surface area contributed by atoms with Crippen LogP contribution in [-0.2, 0) is 20.3 Å². The van der Waals surface area contributed by atoms with Crippen LogP contribution in [0.5, 0.6) is 0 Å². The van der Waals surface area contributed by atoms with Crippen molar-refractivity contribution in [2.24, 2.45) is 5.41 Å². The molecule has 1 unspecified atom stereocenters. The van der Waals surface area contributed by atoms with Gasteiger partial charge in [0.1, 0.15) is 0 Å². The molecule has 2 bridgehead atoms. The fourth-order valence-corrected chi connectivity index (χ4v) is 3.73. The van der Waals surface area contributed by atoms with Crippen molar-refractivity contribution in [2.45, 2.75) is 38.8 Å². The minimum Gasteiger partial charge on any atom is -0.306 e. The highest BCUT2D eigenvalue weighted by Crippen LogP contribution is 2.60. The summed E-state index contributed by atoms with van der Waals surface area (Å²) in [6.07, 6.45) is -0.463. The summed E-state index contributed by atoms with van der Waals surface area (Å²) in [4.78, 5) is 11.4. The van der Waals surface area contributed by atoms with Gasteiger partial charge in [0.15, 0.2) is 0 Å². The van der Waals surface area contributed by atoms with E-state index in [9.17, 15) is 0 Å². The maximum atomic E-state index is 6.29. The topological polar surface area (TPSA) is 27.7 Å². The second-order valence-corrected chi connectivity index (χ2v) is 7.09. The fourth-order valence-electron chi connectivity index (χ4n) is 3.73. The van der Waals surface area contributed by atoms with E-state index in [1.165, 1.54) is 5.56 Å². The molecule has 3 atom stereocenters. The molecule has 3 nitrogen and oxygen atoms in total. The smallest absolute Gasteiger partial charge is 0.237 e. The molecule has 2 aromatic carbocycles. The Hall–Kier alpha value is -1.68. The van der Waals surface area contributed by atoms with Crippen LogP contribution in [0.1, 0.15) is 49.7 Å². The zero-order chi connectivity index (χ0) is 15.4. The van der Waals surface area contributed by atoms with Crippen LogP contribution in [0.25, 0.3) is 0 Å².